The van der Waals surface area contributed by atoms with Crippen LogP contribution in [0, 0.1) is 0 Å². The molecule has 1 aromatic heterocycles. The van der Waals surface area contributed by atoms with Crippen LogP contribution in [0.5, 0.6) is 0 Å². The Morgan fingerprint density at radius 1 is 1.48 bits per heavy atom. The first-order chi connectivity index (χ1) is 10.3. The lowest BCUT2D eigenvalue weighted by molar-refractivity contribution is -0.115. The van der Waals surface area contributed by atoms with Gasteiger partial charge in [-0.15, -0.1) is 23.1 Å². The first kappa shape index (κ1) is 14.6. The van der Waals surface area contributed by atoms with Gasteiger partial charge in [-0.05, 0) is 30.4 Å². The van der Waals surface area contributed by atoms with Crippen LogP contribution in [-0.4, -0.2) is 23.7 Å². The van der Waals surface area contributed by atoms with Gasteiger partial charge >= 0.3 is 0 Å². The van der Waals surface area contributed by atoms with Crippen molar-refractivity contribution in [2.75, 3.05) is 17.7 Å². The summed E-state index contributed by atoms with van der Waals surface area (Å²) in [6.45, 7) is 0. The van der Waals surface area contributed by atoms with E-state index in [1.165, 1.54) is 35.3 Å². The monoisotopic (exact) mass is 318 g/mol. The maximum absolute atomic E-state index is 12.3. The van der Waals surface area contributed by atoms with Gasteiger partial charge in [-0.25, -0.2) is 4.98 Å². The Balaban J connectivity index is 1.62. The van der Waals surface area contributed by atoms with Crippen molar-refractivity contribution in [3.63, 3.8) is 0 Å². The molecule has 0 fully saturated rings. The first-order valence-corrected chi connectivity index (χ1v) is 9.04. The highest BCUT2D eigenvalue weighted by Gasteiger charge is 2.22. The van der Waals surface area contributed by atoms with Crippen LogP contribution in [0.1, 0.15) is 29.2 Å². The van der Waals surface area contributed by atoms with Gasteiger partial charge in [0.1, 0.15) is 0 Å². The Kier molecular flexibility index (Phi) is 4.60. The van der Waals surface area contributed by atoms with Gasteiger partial charge < -0.3 is 0 Å². The molecule has 0 N–H and O–H groups in total. The molecule has 3 rings (SSSR count). The predicted octanol–water partition coefficient (Wildman–Crippen LogP) is 3.92. The molecular weight excluding hydrogens is 300 g/mol. The number of rotatable bonds is 4. The highest BCUT2D eigenvalue weighted by Crippen LogP contribution is 2.39. The number of hydrogen-bond donors (Lipinski definition) is 0. The Morgan fingerprint density at radius 3 is 3.14 bits per heavy atom. The summed E-state index contributed by atoms with van der Waals surface area (Å²) < 4.78 is 0. The van der Waals surface area contributed by atoms with E-state index in [9.17, 15) is 4.79 Å². The van der Waals surface area contributed by atoms with E-state index in [1.54, 1.807) is 29.9 Å². The topological polar surface area (TPSA) is 33.2 Å². The van der Waals surface area contributed by atoms with Crippen LogP contribution in [0.4, 0.5) is 5.13 Å². The maximum Gasteiger partial charge on any atom is 0.238 e. The summed E-state index contributed by atoms with van der Waals surface area (Å²) >= 11 is 3.25. The number of aryl methyl sites for hydroxylation is 1. The van der Waals surface area contributed by atoms with Crippen LogP contribution in [0.25, 0.3) is 0 Å². The van der Waals surface area contributed by atoms with Crippen molar-refractivity contribution in [1.29, 1.82) is 0 Å². The smallest absolute Gasteiger partial charge is 0.238 e. The molecule has 1 atom stereocenters. The van der Waals surface area contributed by atoms with Crippen LogP contribution in [0.2, 0.25) is 0 Å². The van der Waals surface area contributed by atoms with Crippen LogP contribution >= 0.6 is 23.1 Å². The molecule has 1 unspecified atom stereocenters. The quantitative estimate of drug-likeness (QED) is 0.857. The third-order valence-corrected chi connectivity index (χ3v) is 5.96. The molecule has 1 amide bonds. The fourth-order valence-corrected chi connectivity index (χ4v) is 4.54. The summed E-state index contributed by atoms with van der Waals surface area (Å²) in [6.07, 6.45) is 5.27. The Morgan fingerprint density at radius 2 is 2.33 bits per heavy atom. The Labute approximate surface area is 133 Å². The van der Waals surface area contributed by atoms with Crippen molar-refractivity contribution in [1.82, 2.24) is 4.98 Å². The molecule has 5 heteroatoms. The number of amides is 1. The first-order valence-electron chi connectivity index (χ1n) is 7.11. The van der Waals surface area contributed by atoms with Crippen molar-refractivity contribution >= 4 is 34.1 Å². The molecule has 0 radical (unpaired) electrons. The van der Waals surface area contributed by atoms with E-state index in [2.05, 4.69) is 29.2 Å². The molecule has 0 saturated heterocycles. The molecule has 0 spiro atoms. The number of hydrogen-bond acceptors (Lipinski definition) is 4. The third kappa shape index (κ3) is 3.30. The van der Waals surface area contributed by atoms with Crippen LogP contribution in [0.15, 0.2) is 35.8 Å². The van der Waals surface area contributed by atoms with Crippen molar-refractivity contribution < 1.29 is 4.79 Å². The number of thioether (sulfide) groups is 1. The standard InChI is InChI=1S/C16H18N2OS2/c1-18(16-17-9-10-20-16)15(19)11-21-14-8-4-6-12-5-2-3-7-13(12)14/h2-3,5,7,9-10,14H,4,6,8,11H2,1H3. The van der Waals surface area contributed by atoms with Gasteiger partial charge in [0.25, 0.3) is 0 Å². The molecule has 21 heavy (non-hydrogen) atoms. The van der Waals surface area contributed by atoms with E-state index >= 15 is 0 Å². The van der Waals surface area contributed by atoms with Gasteiger partial charge in [-0.1, -0.05) is 24.3 Å². The minimum atomic E-state index is 0.123. The van der Waals surface area contributed by atoms with Crippen LogP contribution < -0.4 is 4.90 Å². The number of aromatic nitrogens is 1. The number of benzene rings is 1. The summed E-state index contributed by atoms with van der Waals surface area (Å²) in [5, 5.41) is 3.11. The Hall–Kier alpha value is -1.33. The van der Waals surface area contributed by atoms with Gasteiger partial charge in [-0.2, -0.15) is 0 Å². The molecule has 1 aromatic carbocycles. The summed E-state index contributed by atoms with van der Waals surface area (Å²) in [4.78, 5) is 18.1. The van der Waals surface area contributed by atoms with Crippen LogP contribution in [0.3, 0.4) is 0 Å². The largest absolute Gasteiger partial charge is 0.291 e. The summed E-state index contributed by atoms with van der Waals surface area (Å²) in [7, 11) is 1.80. The van der Waals surface area contributed by atoms with Crippen molar-refractivity contribution in [3.8, 4) is 0 Å². The average molecular weight is 318 g/mol. The summed E-state index contributed by atoms with van der Waals surface area (Å²) in [6, 6.07) is 8.63. The number of carbonyl (C=O) groups excluding carboxylic acids is 1. The molecule has 0 bridgehead atoms. The lowest BCUT2D eigenvalue weighted by Gasteiger charge is -2.25. The van der Waals surface area contributed by atoms with E-state index < -0.39 is 0 Å². The minimum absolute atomic E-state index is 0.123. The average Bonchev–Trinajstić information content (AvgIpc) is 3.06. The molecule has 0 aliphatic heterocycles. The second kappa shape index (κ2) is 6.62. The third-order valence-electron chi connectivity index (χ3n) is 3.80. The van der Waals surface area contributed by atoms with Gasteiger partial charge in [0.05, 0.1) is 5.75 Å². The molecule has 0 saturated carbocycles. The van der Waals surface area contributed by atoms with Crippen molar-refractivity contribution in [2.45, 2.75) is 24.5 Å². The summed E-state index contributed by atoms with van der Waals surface area (Å²) in [5.74, 6) is 0.632. The van der Waals surface area contributed by atoms with Gasteiger partial charge in [0.2, 0.25) is 5.91 Å². The fraction of sp³-hybridized carbons (Fsp3) is 0.375. The lowest BCUT2D eigenvalue weighted by atomic mass is 9.91. The minimum Gasteiger partial charge on any atom is -0.291 e. The molecule has 3 nitrogen and oxygen atoms in total. The zero-order chi connectivity index (χ0) is 14.7. The van der Waals surface area contributed by atoms with E-state index in [0.29, 0.717) is 11.0 Å². The highest BCUT2D eigenvalue weighted by atomic mass is 32.2. The van der Waals surface area contributed by atoms with Crippen molar-refractivity contribution in [3.05, 3.63) is 47.0 Å². The number of nitrogens with zero attached hydrogens (tertiary/aromatic N) is 2. The normalized spacial score (nSPS) is 17.3. The zero-order valence-electron chi connectivity index (χ0n) is 12.0. The van der Waals surface area contributed by atoms with E-state index in [4.69, 9.17) is 0 Å². The fourth-order valence-electron chi connectivity index (χ4n) is 2.64. The molecule has 1 aliphatic carbocycles. The van der Waals surface area contributed by atoms with Crippen molar-refractivity contribution in [2.24, 2.45) is 0 Å². The van der Waals surface area contributed by atoms with E-state index in [-0.39, 0.29) is 5.91 Å². The number of thiazole rings is 1. The number of anilines is 1. The van der Waals surface area contributed by atoms with Crippen LogP contribution in [-0.2, 0) is 11.2 Å². The van der Waals surface area contributed by atoms with E-state index in [1.807, 2.05) is 5.38 Å². The number of carbonyl (C=O) groups is 1. The Bertz CT molecular complexity index is 612. The molecule has 1 heterocycles. The summed E-state index contributed by atoms with van der Waals surface area (Å²) in [5.41, 5.74) is 2.86. The van der Waals surface area contributed by atoms with Gasteiger partial charge in [0.15, 0.2) is 5.13 Å². The molecular formula is C16H18N2OS2. The lowest BCUT2D eigenvalue weighted by Crippen LogP contribution is -2.28. The predicted molar refractivity (Wildman–Crippen MR) is 90.1 cm³/mol. The number of fused-ring (bicyclic) bond motifs is 1. The molecule has 2 aromatic rings. The maximum atomic E-state index is 12.3. The highest BCUT2D eigenvalue weighted by molar-refractivity contribution is 8.00. The van der Waals surface area contributed by atoms with E-state index in [0.717, 1.165) is 11.6 Å². The second-order valence-electron chi connectivity index (χ2n) is 5.16. The van der Waals surface area contributed by atoms with Gasteiger partial charge in [0, 0.05) is 23.9 Å². The SMILES string of the molecule is CN(C(=O)CSC1CCCc2ccccc21)c1nccs1. The van der Waals surface area contributed by atoms with Gasteiger partial charge in [-0.3, -0.25) is 9.69 Å². The zero-order valence-corrected chi connectivity index (χ0v) is 13.6. The second-order valence-corrected chi connectivity index (χ2v) is 7.22. The molecule has 110 valence electrons. The molecule has 1 aliphatic rings.